The summed E-state index contributed by atoms with van der Waals surface area (Å²) in [7, 11) is 0. The zero-order valence-corrected chi connectivity index (χ0v) is 20.4. The monoisotopic (exact) mass is 481 g/mol. The lowest BCUT2D eigenvalue weighted by Crippen LogP contribution is -2.06. The van der Waals surface area contributed by atoms with Gasteiger partial charge in [0.1, 0.15) is 5.82 Å². The van der Waals surface area contributed by atoms with Crippen LogP contribution in [0.15, 0.2) is 78.9 Å². The molecule has 0 aliphatic heterocycles. The third-order valence-electron chi connectivity index (χ3n) is 6.05. The van der Waals surface area contributed by atoms with Crippen LogP contribution < -0.4 is 0 Å². The van der Waals surface area contributed by atoms with E-state index in [-0.39, 0.29) is 0 Å². The Morgan fingerprint density at radius 1 is 0.829 bits per heavy atom. The first kappa shape index (κ1) is 22.9. The van der Waals surface area contributed by atoms with Crippen LogP contribution in [0.1, 0.15) is 36.7 Å². The summed E-state index contributed by atoms with van der Waals surface area (Å²) in [6.45, 7) is 3.57. The Labute approximate surface area is 209 Å². The van der Waals surface area contributed by atoms with Crippen molar-refractivity contribution in [2.75, 3.05) is 0 Å². The molecule has 0 saturated carbocycles. The van der Waals surface area contributed by atoms with Crippen molar-refractivity contribution >= 4 is 12.2 Å². The van der Waals surface area contributed by atoms with Gasteiger partial charge in [0.2, 0.25) is 5.82 Å². The van der Waals surface area contributed by atoms with Gasteiger partial charge in [0.15, 0.2) is 4.77 Å². The molecule has 8 heteroatoms. The Balaban J connectivity index is 1.42. The highest BCUT2D eigenvalue weighted by atomic mass is 32.1. The van der Waals surface area contributed by atoms with Crippen LogP contribution in [-0.2, 0) is 19.5 Å². The lowest BCUT2D eigenvalue weighted by molar-refractivity contribution is 0.654. The van der Waals surface area contributed by atoms with E-state index in [1.165, 1.54) is 11.1 Å². The molecule has 0 aliphatic rings. The highest BCUT2D eigenvalue weighted by molar-refractivity contribution is 7.71. The van der Waals surface area contributed by atoms with Gasteiger partial charge in [-0.25, -0.2) is 4.68 Å². The van der Waals surface area contributed by atoms with Gasteiger partial charge < -0.3 is 0 Å². The molecule has 7 nitrogen and oxygen atoms in total. The number of H-pyrrole nitrogens is 1. The summed E-state index contributed by atoms with van der Waals surface area (Å²) in [5, 5.41) is 19.4. The fourth-order valence-corrected chi connectivity index (χ4v) is 4.48. The number of rotatable bonds is 9. The molecular formula is C27H27N7S. The molecule has 2 aromatic heterocycles. The molecule has 0 amide bonds. The summed E-state index contributed by atoms with van der Waals surface area (Å²) in [6.07, 6.45) is 3.12. The van der Waals surface area contributed by atoms with E-state index in [9.17, 15) is 0 Å². The van der Waals surface area contributed by atoms with E-state index in [1.807, 2.05) is 41.1 Å². The Hall–Kier alpha value is -3.91. The molecular weight excluding hydrogens is 454 g/mol. The standard InChI is InChI=1S/C27H27N7S/c1-2-3-13-25-30-34(19-20-9-5-4-6-10-20)27(35)33(25)18-21-14-16-22(17-15-21)23-11-7-8-12-24(23)26-28-31-32-29-26/h4-12,14-17H,2-3,13,18-19H2,1H3,(H,28,29,31,32). The predicted octanol–water partition coefficient (Wildman–Crippen LogP) is 5.70. The van der Waals surface area contributed by atoms with E-state index in [0.717, 1.165) is 46.5 Å². The number of hydrogen-bond acceptors (Lipinski definition) is 5. The average Bonchev–Trinajstić information content (AvgIpc) is 3.54. The molecule has 3 aromatic carbocycles. The maximum absolute atomic E-state index is 5.87. The molecule has 0 saturated heterocycles. The predicted molar refractivity (Wildman–Crippen MR) is 139 cm³/mol. The molecule has 0 radical (unpaired) electrons. The Morgan fingerprint density at radius 2 is 1.54 bits per heavy atom. The highest BCUT2D eigenvalue weighted by Crippen LogP contribution is 2.29. The first-order valence-electron chi connectivity index (χ1n) is 11.9. The minimum Gasteiger partial charge on any atom is -0.299 e. The maximum Gasteiger partial charge on any atom is 0.205 e. The molecule has 1 N–H and O–H groups in total. The van der Waals surface area contributed by atoms with Crippen molar-refractivity contribution in [2.45, 2.75) is 39.3 Å². The van der Waals surface area contributed by atoms with E-state index >= 15 is 0 Å². The normalized spacial score (nSPS) is 11.1. The van der Waals surface area contributed by atoms with Crippen molar-refractivity contribution < 1.29 is 0 Å². The first-order chi connectivity index (χ1) is 17.2. The minimum absolute atomic E-state index is 0.586. The third-order valence-corrected chi connectivity index (χ3v) is 6.48. The van der Waals surface area contributed by atoms with Gasteiger partial charge in [-0.2, -0.15) is 10.3 Å². The van der Waals surface area contributed by atoms with Crippen LogP contribution in [0, 0.1) is 4.77 Å². The number of tetrazole rings is 1. The van der Waals surface area contributed by atoms with Crippen LogP contribution in [0.25, 0.3) is 22.5 Å². The van der Waals surface area contributed by atoms with Crippen molar-refractivity contribution in [3.63, 3.8) is 0 Å². The fraction of sp³-hybridized carbons (Fsp3) is 0.222. The van der Waals surface area contributed by atoms with Crippen molar-refractivity contribution in [1.82, 2.24) is 35.0 Å². The van der Waals surface area contributed by atoms with Gasteiger partial charge in [-0.05, 0) is 46.1 Å². The summed E-state index contributed by atoms with van der Waals surface area (Å²) >= 11 is 5.87. The molecule has 0 bridgehead atoms. The van der Waals surface area contributed by atoms with Gasteiger partial charge in [-0.1, -0.05) is 92.2 Å². The van der Waals surface area contributed by atoms with Gasteiger partial charge >= 0.3 is 0 Å². The van der Waals surface area contributed by atoms with Crippen molar-refractivity contribution in [3.05, 3.63) is 101 Å². The smallest absolute Gasteiger partial charge is 0.205 e. The maximum atomic E-state index is 5.87. The summed E-state index contributed by atoms with van der Waals surface area (Å²) < 4.78 is 4.88. The lowest BCUT2D eigenvalue weighted by atomic mass is 9.98. The molecule has 35 heavy (non-hydrogen) atoms. The molecule has 0 unspecified atom stereocenters. The van der Waals surface area contributed by atoms with Gasteiger partial charge in [-0.15, -0.1) is 10.2 Å². The topological polar surface area (TPSA) is 77.2 Å². The zero-order valence-electron chi connectivity index (χ0n) is 19.6. The molecule has 2 heterocycles. The van der Waals surface area contributed by atoms with Crippen LogP contribution >= 0.6 is 12.2 Å². The number of aromatic nitrogens is 7. The molecule has 0 aliphatic carbocycles. The SMILES string of the molecule is CCCCc1nn(Cc2ccccc2)c(=S)n1Cc1ccc(-c2ccccc2-c2nn[nH]n2)cc1. The van der Waals surface area contributed by atoms with E-state index in [1.54, 1.807) is 0 Å². The molecule has 5 aromatic rings. The van der Waals surface area contributed by atoms with Crippen molar-refractivity contribution in [3.8, 4) is 22.5 Å². The number of unbranched alkanes of at least 4 members (excludes halogenated alkanes) is 1. The quantitative estimate of drug-likeness (QED) is 0.273. The minimum atomic E-state index is 0.586. The number of aryl methyl sites for hydroxylation is 1. The van der Waals surface area contributed by atoms with Crippen LogP contribution in [0.4, 0.5) is 0 Å². The first-order valence-corrected chi connectivity index (χ1v) is 12.3. The molecule has 176 valence electrons. The largest absolute Gasteiger partial charge is 0.299 e. The average molecular weight is 482 g/mol. The van der Waals surface area contributed by atoms with Crippen LogP contribution in [-0.4, -0.2) is 35.0 Å². The van der Waals surface area contributed by atoms with Crippen LogP contribution in [0.3, 0.4) is 0 Å². The van der Waals surface area contributed by atoms with E-state index in [2.05, 4.69) is 74.6 Å². The second-order valence-corrected chi connectivity index (χ2v) is 8.87. The number of benzene rings is 3. The van der Waals surface area contributed by atoms with E-state index < -0.39 is 0 Å². The molecule has 0 atom stereocenters. The number of nitrogens with one attached hydrogen (secondary N) is 1. The number of nitrogens with zero attached hydrogens (tertiary/aromatic N) is 6. The summed E-state index contributed by atoms with van der Waals surface area (Å²) in [6, 6.07) is 27.0. The number of aromatic amines is 1. The fourth-order valence-electron chi connectivity index (χ4n) is 4.20. The van der Waals surface area contributed by atoms with E-state index in [0.29, 0.717) is 18.9 Å². The second-order valence-electron chi connectivity index (χ2n) is 8.51. The Bertz CT molecular complexity index is 1440. The van der Waals surface area contributed by atoms with Gasteiger partial charge in [0.25, 0.3) is 0 Å². The van der Waals surface area contributed by atoms with Gasteiger partial charge in [0, 0.05) is 12.0 Å². The second kappa shape index (κ2) is 10.6. The highest BCUT2D eigenvalue weighted by Gasteiger charge is 2.13. The molecule has 0 spiro atoms. The Morgan fingerprint density at radius 3 is 2.26 bits per heavy atom. The van der Waals surface area contributed by atoms with Gasteiger partial charge in [-0.3, -0.25) is 4.57 Å². The van der Waals surface area contributed by atoms with E-state index in [4.69, 9.17) is 17.3 Å². The summed E-state index contributed by atoms with van der Waals surface area (Å²) in [5.74, 6) is 1.63. The molecule has 5 rings (SSSR count). The summed E-state index contributed by atoms with van der Waals surface area (Å²) in [5.41, 5.74) is 5.49. The van der Waals surface area contributed by atoms with Crippen molar-refractivity contribution in [2.24, 2.45) is 0 Å². The van der Waals surface area contributed by atoms with Crippen molar-refractivity contribution in [1.29, 1.82) is 0 Å². The Kier molecular flexibility index (Phi) is 6.90. The number of hydrogen-bond donors (Lipinski definition) is 1. The lowest BCUT2D eigenvalue weighted by Gasteiger charge is -2.10. The van der Waals surface area contributed by atoms with Crippen LogP contribution in [0.5, 0.6) is 0 Å². The summed E-state index contributed by atoms with van der Waals surface area (Å²) in [4.78, 5) is 0. The van der Waals surface area contributed by atoms with Gasteiger partial charge in [0.05, 0.1) is 13.1 Å². The third kappa shape index (κ3) is 5.12. The van der Waals surface area contributed by atoms with Crippen LogP contribution in [0.2, 0.25) is 0 Å². The molecule has 0 fully saturated rings. The zero-order chi connectivity index (χ0) is 24.0.